The molecule has 0 aliphatic heterocycles. The smallest absolute Gasteiger partial charge is 0.278 e. The Hall–Kier alpha value is -1.82. The summed E-state index contributed by atoms with van der Waals surface area (Å²) in [6.07, 6.45) is 7.52. The lowest BCUT2D eigenvalue weighted by Gasteiger charge is -2.06. The van der Waals surface area contributed by atoms with Gasteiger partial charge >= 0.3 is 0 Å². The van der Waals surface area contributed by atoms with Crippen LogP contribution in [0.25, 0.3) is 0 Å². The first-order valence-electron chi connectivity index (χ1n) is 5.14. The van der Waals surface area contributed by atoms with E-state index in [0.29, 0.717) is 6.54 Å². The molecular weight excluding hydrogens is 242 g/mol. The van der Waals surface area contributed by atoms with Gasteiger partial charge in [0.15, 0.2) is 5.15 Å². The van der Waals surface area contributed by atoms with Gasteiger partial charge in [0, 0.05) is 25.5 Å². The van der Waals surface area contributed by atoms with Crippen LogP contribution >= 0.6 is 11.6 Å². The van der Waals surface area contributed by atoms with Gasteiger partial charge in [0.2, 0.25) is 0 Å². The molecule has 2 heterocycles. The minimum absolute atomic E-state index is 0.00297. The van der Waals surface area contributed by atoms with E-state index >= 15 is 0 Å². The van der Waals surface area contributed by atoms with Crippen LogP contribution < -0.4 is 11.3 Å². The van der Waals surface area contributed by atoms with Gasteiger partial charge in [0.25, 0.3) is 5.56 Å². The molecule has 2 N–H and O–H groups in total. The van der Waals surface area contributed by atoms with Gasteiger partial charge in [-0.25, -0.2) is 9.97 Å². The number of rotatable bonds is 4. The van der Waals surface area contributed by atoms with Gasteiger partial charge in [-0.3, -0.25) is 9.36 Å². The number of imidazole rings is 1. The van der Waals surface area contributed by atoms with Crippen LogP contribution in [0, 0.1) is 0 Å². The lowest BCUT2D eigenvalue weighted by molar-refractivity contribution is 0.548. The maximum Gasteiger partial charge on any atom is 0.278 e. The fraction of sp³-hybridized carbons (Fsp3) is 0.300. The van der Waals surface area contributed by atoms with E-state index in [2.05, 4.69) is 9.97 Å². The van der Waals surface area contributed by atoms with Crippen molar-refractivity contribution in [2.24, 2.45) is 0 Å². The van der Waals surface area contributed by atoms with Crippen molar-refractivity contribution >= 4 is 17.3 Å². The maximum atomic E-state index is 11.7. The Labute approximate surface area is 103 Å². The number of aryl methyl sites for hydroxylation is 2. The zero-order valence-electron chi connectivity index (χ0n) is 9.08. The summed E-state index contributed by atoms with van der Waals surface area (Å²) in [6, 6.07) is 0. The Bertz CT molecular complexity index is 548. The van der Waals surface area contributed by atoms with Gasteiger partial charge in [-0.05, 0) is 6.42 Å². The standard InChI is InChI=1S/C10H12ClN5O/c11-9-8(12)10(17)16(7-14-9)4-1-3-15-5-2-13-6-15/h2,5-7H,1,3-4,12H2. The Kier molecular flexibility index (Phi) is 3.43. The molecule has 0 saturated heterocycles. The van der Waals surface area contributed by atoms with Crippen molar-refractivity contribution in [2.45, 2.75) is 19.5 Å². The lowest BCUT2D eigenvalue weighted by Crippen LogP contribution is -2.24. The van der Waals surface area contributed by atoms with E-state index in [4.69, 9.17) is 17.3 Å². The van der Waals surface area contributed by atoms with Gasteiger partial charge in [-0.2, -0.15) is 0 Å². The summed E-state index contributed by atoms with van der Waals surface area (Å²) in [5.74, 6) is 0. The Morgan fingerprint density at radius 3 is 2.88 bits per heavy atom. The fourth-order valence-corrected chi connectivity index (χ4v) is 1.61. The first-order chi connectivity index (χ1) is 8.18. The number of nitrogens with two attached hydrogens (primary N) is 1. The van der Waals surface area contributed by atoms with Crippen LogP contribution in [0.3, 0.4) is 0 Å². The van der Waals surface area contributed by atoms with Crippen LogP contribution in [0.2, 0.25) is 5.15 Å². The molecule has 0 amide bonds. The molecule has 2 aromatic heterocycles. The normalized spacial score (nSPS) is 10.6. The fourth-order valence-electron chi connectivity index (χ4n) is 1.49. The monoisotopic (exact) mass is 253 g/mol. The molecule has 2 rings (SSSR count). The van der Waals surface area contributed by atoms with Gasteiger partial charge in [-0.1, -0.05) is 11.6 Å². The highest BCUT2D eigenvalue weighted by atomic mass is 35.5. The minimum atomic E-state index is -0.296. The van der Waals surface area contributed by atoms with E-state index in [-0.39, 0.29) is 16.4 Å². The van der Waals surface area contributed by atoms with Crippen molar-refractivity contribution in [3.05, 3.63) is 40.6 Å². The molecule has 2 aromatic rings. The van der Waals surface area contributed by atoms with Crippen molar-refractivity contribution in [3.8, 4) is 0 Å². The molecule has 0 spiro atoms. The summed E-state index contributed by atoms with van der Waals surface area (Å²) in [5, 5.41) is 0.0564. The van der Waals surface area contributed by atoms with Crippen LogP contribution in [0.15, 0.2) is 29.8 Å². The first kappa shape index (κ1) is 11.7. The van der Waals surface area contributed by atoms with E-state index in [9.17, 15) is 4.79 Å². The summed E-state index contributed by atoms with van der Waals surface area (Å²) in [5.41, 5.74) is 5.21. The summed E-state index contributed by atoms with van der Waals surface area (Å²) in [4.78, 5) is 19.5. The number of aromatic nitrogens is 4. The minimum Gasteiger partial charge on any atom is -0.392 e. The quantitative estimate of drug-likeness (QED) is 0.816. The number of hydrogen-bond donors (Lipinski definition) is 1. The number of anilines is 1. The molecule has 0 aliphatic rings. The molecule has 0 aromatic carbocycles. The molecule has 17 heavy (non-hydrogen) atoms. The second-order valence-corrected chi connectivity index (χ2v) is 3.96. The molecule has 0 aliphatic carbocycles. The zero-order valence-corrected chi connectivity index (χ0v) is 9.84. The Balaban J connectivity index is 2.00. The summed E-state index contributed by atoms with van der Waals surface area (Å²) in [7, 11) is 0. The molecule has 0 atom stereocenters. The Morgan fingerprint density at radius 1 is 1.35 bits per heavy atom. The zero-order chi connectivity index (χ0) is 12.3. The van der Waals surface area contributed by atoms with Crippen molar-refractivity contribution < 1.29 is 0 Å². The van der Waals surface area contributed by atoms with E-state index in [1.54, 1.807) is 12.5 Å². The van der Waals surface area contributed by atoms with Gasteiger partial charge < -0.3 is 10.3 Å². The molecular formula is C10H12ClN5O. The van der Waals surface area contributed by atoms with Crippen molar-refractivity contribution in [1.82, 2.24) is 19.1 Å². The summed E-state index contributed by atoms with van der Waals surface area (Å²) in [6.45, 7) is 1.33. The molecule has 0 unspecified atom stereocenters. The highest BCUT2D eigenvalue weighted by Gasteiger charge is 2.05. The van der Waals surface area contributed by atoms with Crippen LogP contribution in [-0.4, -0.2) is 19.1 Å². The SMILES string of the molecule is Nc1c(Cl)ncn(CCCn2ccnc2)c1=O. The number of nitrogen functional groups attached to an aromatic ring is 1. The van der Waals surface area contributed by atoms with Crippen LogP contribution in [0.1, 0.15) is 6.42 Å². The third-order valence-electron chi connectivity index (χ3n) is 2.40. The van der Waals surface area contributed by atoms with Crippen molar-refractivity contribution in [1.29, 1.82) is 0 Å². The molecule has 0 saturated carbocycles. The second-order valence-electron chi connectivity index (χ2n) is 3.60. The highest BCUT2D eigenvalue weighted by molar-refractivity contribution is 6.31. The number of nitrogens with zero attached hydrogens (tertiary/aromatic N) is 4. The molecule has 6 nitrogen and oxygen atoms in total. The molecule has 0 fully saturated rings. The van der Waals surface area contributed by atoms with Crippen LogP contribution in [-0.2, 0) is 13.1 Å². The predicted molar refractivity (Wildman–Crippen MR) is 64.8 cm³/mol. The average molecular weight is 254 g/mol. The first-order valence-corrected chi connectivity index (χ1v) is 5.52. The molecule has 0 radical (unpaired) electrons. The number of halogens is 1. The predicted octanol–water partition coefficient (Wildman–Crippen LogP) is 0.766. The number of hydrogen-bond acceptors (Lipinski definition) is 4. The highest BCUT2D eigenvalue weighted by Crippen LogP contribution is 2.08. The van der Waals surface area contributed by atoms with E-state index in [0.717, 1.165) is 13.0 Å². The van der Waals surface area contributed by atoms with Crippen molar-refractivity contribution in [3.63, 3.8) is 0 Å². The van der Waals surface area contributed by atoms with Crippen LogP contribution in [0.5, 0.6) is 0 Å². The van der Waals surface area contributed by atoms with E-state index < -0.39 is 0 Å². The molecule has 7 heteroatoms. The van der Waals surface area contributed by atoms with Gasteiger partial charge in [0.1, 0.15) is 5.69 Å². The lowest BCUT2D eigenvalue weighted by atomic mass is 10.4. The summed E-state index contributed by atoms with van der Waals surface area (Å²) >= 11 is 5.64. The Morgan fingerprint density at radius 2 is 2.18 bits per heavy atom. The largest absolute Gasteiger partial charge is 0.392 e. The van der Waals surface area contributed by atoms with E-state index in [1.807, 2.05) is 10.8 Å². The van der Waals surface area contributed by atoms with Crippen LogP contribution in [0.4, 0.5) is 5.69 Å². The molecule has 0 bridgehead atoms. The summed E-state index contributed by atoms with van der Waals surface area (Å²) < 4.78 is 3.40. The van der Waals surface area contributed by atoms with E-state index in [1.165, 1.54) is 10.9 Å². The third-order valence-corrected chi connectivity index (χ3v) is 2.70. The topological polar surface area (TPSA) is 78.7 Å². The average Bonchev–Trinajstić information content (AvgIpc) is 2.82. The maximum absolute atomic E-state index is 11.7. The van der Waals surface area contributed by atoms with Gasteiger partial charge in [0.05, 0.1) is 12.7 Å². The molecule has 90 valence electrons. The second kappa shape index (κ2) is 5.01. The van der Waals surface area contributed by atoms with Gasteiger partial charge in [-0.15, -0.1) is 0 Å². The van der Waals surface area contributed by atoms with Crippen molar-refractivity contribution in [2.75, 3.05) is 5.73 Å². The third kappa shape index (κ3) is 2.65.